The van der Waals surface area contributed by atoms with Crippen molar-refractivity contribution in [1.29, 1.82) is 10.8 Å². The summed E-state index contributed by atoms with van der Waals surface area (Å²) in [5.41, 5.74) is 1.80. The van der Waals surface area contributed by atoms with Gasteiger partial charge in [-0.05, 0) is 50.5 Å². The van der Waals surface area contributed by atoms with Crippen LogP contribution in [0.4, 0.5) is 19.0 Å². The second-order valence-electron chi connectivity index (χ2n) is 8.74. The Morgan fingerprint density at radius 1 is 1.17 bits per heavy atom. The van der Waals surface area contributed by atoms with Gasteiger partial charge in [0.2, 0.25) is 0 Å². The van der Waals surface area contributed by atoms with E-state index in [0.717, 1.165) is 19.3 Å². The summed E-state index contributed by atoms with van der Waals surface area (Å²) in [6, 6.07) is 5.56. The second-order valence-corrected chi connectivity index (χ2v) is 8.74. The van der Waals surface area contributed by atoms with Crippen LogP contribution in [0, 0.1) is 16.7 Å². The molecular weight excluding hydrogens is 461 g/mol. The van der Waals surface area contributed by atoms with E-state index in [4.69, 9.17) is 15.8 Å². The Balaban J connectivity index is 1.42. The largest absolute Gasteiger partial charge is 0.573 e. The number of benzene rings is 1. The van der Waals surface area contributed by atoms with Gasteiger partial charge >= 0.3 is 6.36 Å². The Kier molecular flexibility index (Phi) is 5.81. The van der Waals surface area contributed by atoms with E-state index in [1.165, 1.54) is 30.6 Å². The third-order valence-corrected chi connectivity index (χ3v) is 6.25. The van der Waals surface area contributed by atoms with Crippen molar-refractivity contribution in [1.82, 2.24) is 24.4 Å². The number of hydrogen-bond acceptors (Lipinski definition) is 7. The first kappa shape index (κ1) is 23.1. The molecule has 1 aliphatic carbocycles. The molecule has 1 unspecified atom stereocenters. The highest BCUT2D eigenvalue weighted by Crippen LogP contribution is 2.33. The Morgan fingerprint density at radius 3 is 2.57 bits per heavy atom. The lowest BCUT2D eigenvalue weighted by atomic mass is 10.0. The SMILES string of the molecule is CCn1c(-c2ccc(OC(F)(F)F)cc2)nc2c(NC3CCC(=N)N(C(=N)C4CC4)C3)ncnc21. The predicted octanol–water partition coefficient (Wildman–Crippen LogP) is 4.65. The van der Waals surface area contributed by atoms with Crippen molar-refractivity contribution in [3.8, 4) is 17.1 Å². The smallest absolute Gasteiger partial charge is 0.406 e. The minimum Gasteiger partial charge on any atom is -0.406 e. The maximum absolute atomic E-state index is 12.5. The van der Waals surface area contributed by atoms with Crippen LogP contribution >= 0.6 is 0 Å². The molecule has 3 aromatic rings. The minimum atomic E-state index is -4.75. The molecule has 2 aromatic heterocycles. The number of halogens is 3. The van der Waals surface area contributed by atoms with Gasteiger partial charge in [-0.2, -0.15) is 0 Å². The molecule has 12 heteroatoms. The summed E-state index contributed by atoms with van der Waals surface area (Å²) in [5.74, 6) is 2.07. The Bertz CT molecular complexity index is 1270. The molecule has 0 radical (unpaired) electrons. The number of rotatable bonds is 6. The zero-order valence-electron chi connectivity index (χ0n) is 19.1. The zero-order chi connectivity index (χ0) is 24.7. The molecule has 1 aromatic carbocycles. The van der Waals surface area contributed by atoms with E-state index in [1.54, 1.807) is 4.90 Å². The molecule has 1 aliphatic heterocycles. The maximum Gasteiger partial charge on any atom is 0.573 e. The third kappa shape index (κ3) is 4.77. The van der Waals surface area contributed by atoms with Gasteiger partial charge in [-0.1, -0.05) is 0 Å². The van der Waals surface area contributed by atoms with Crippen molar-refractivity contribution in [3.63, 3.8) is 0 Å². The summed E-state index contributed by atoms with van der Waals surface area (Å²) in [5, 5.41) is 20.1. The molecule has 1 saturated carbocycles. The molecule has 3 N–H and O–H groups in total. The standard InChI is InChI=1S/C23H25F3N8O/c1-2-33-21(14-5-8-16(9-6-14)35-23(24,25)26)32-18-20(29-12-30-22(18)33)31-15-7-10-17(27)34(11-15)19(28)13-3-4-13/h5-6,8-9,12-13,15,27-28H,2-4,7,10-11H2,1H3,(H,29,30,31). The number of anilines is 1. The molecule has 184 valence electrons. The number of nitrogens with one attached hydrogen (secondary N) is 3. The van der Waals surface area contributed by atoms with Gasteiger partial charge in [0.25, 0.3) is 0 Å². The number of amidine groups is 2. The molecule has 0 amide bonds. The molecule has 1 atom stereocenters. The minimum absolute atomic E-state index is 0.0182. The van der Waals surface area contributed by atoms with Crippen molar-refractivity contribution in [3.05, 3.63) is 30.6 Å². The van der Waals surface area contributed by atoms with Gasteiger partial charge in [0.15, 0.2) is 17.0 Å². The number of likely N-dealkylation sites (tertiary alicyclic amines) is 1. The van der Waals surface area contributed by atoms with E-state index < -0.39 is 6.36 Å². The van der Waals surface area contributed by atoms with Crippen molar-refractivity contribution < 1.29 is 17.9 Å². The fourth-order valence-corrected chi connectivity index (χ4v) is 4.37. The highest BCUT2D eigenvalue weighted by Gasteiger charge is 2.35. The Hall–Kier alpha value is -3.70. The molecule has 0 bridgehead atoms. The summed E-state index contributed by atoms with van der Waals surface area (Å²) >= 11 is 0. The number of nitrogens with zero attached hydrogens (tertiary/aromatic N) is 5. The van der Waals surface area contributed by atoms with E-state index in [2.05, 4.69) is 20.0 Å². The van der Waals surface area contributed by atoms with Crippen molar-refractivity contribution >= 4 is 28.7 Å². The summed E-state index contributed by atoms with van der Waals surface area (Å²) in [7, 11) is 0. The van der Waals surface area contributed by atoms with Crippen LogP contribution in [-0.2, 0) is 6.54 Å². The van der Waals surface area contributed by atoms with Crippen LogP contribution in [0.25, 0.3) is 22.6 Å². The highest BCUT2D eigenvalue weighted by molar-refractivity contribution is 6.00. The second kappa shape index (κ2) is 8.82. The molecule has 3 heterocycles. The zero-order valence-corrected chi connectivity index (χ0v) is 19.1. The van der Waals surface area contributed by atoms with Gasteiger partial charge in [0.1, 0.15) is 29.6 Å². The van der Waals surface area contributed by atoms with Crippen LogP contribution < -0.4 is 10.1 Å². The van der Waals surface area contributed by atoms with Gasteiger partial charge in [0, 0.05) is 37.0 Å². The number of ether oxygens (including phenoxy) is 1. The van der Waals surface area contributed by atoms with E-state index in [9.17, 15) is 13.2 Å². The predicted molar refractivity (Wildman–Crippen MR) is 125 cm³/mol. The highest BCUT2D eigenvalue weighted by atomic mass is 19.4. The van der Waals surface area contributed by atoms with Crippen LogP contribution in [0.5, 0.6) is 5.75 Å². The maximum atomic E-state index is 12.5. The van der Waals surface area contributed by atoms with Crippen LogP contribution in [0.15, 0.2) is 30.6 Å². The van der Waals surface area contributed by atoms with Crippen LogP contribution in [0.1, 0.15) is 32.6 Å². The van der Waals surface area contributed by atoms with Crippen molar-refractivity contribution in [2.75, 3.05) is 11.9 Å². The van der Waals surface area contributed by atoms with Gasteiger partial charge in [-0.15, -0.1) is 13.2 Å². The summed E-state index contributed by atoms with van der Waals surface area (Å²) in [6.45, 7) is 3.01. The lowest BCUT2D eigenvalue weighted by molar-refractivity contribution is -0.274. The number of aromatic nitrogens is 4. The number of hydrogen-bond donors (Lipinski definition) is 3. The first-order chi connectivity index (χ1) is 16.7. The van der Waals surface area contributed by atoms with Gasteiger partial charge in [0.05, 0.1) is 0 Å². The molecule has 0 spiro atoms. The number of aryl methyl sites for hydroxylation is 1. The molecule has 2 fully saturated rings. The average molecular weight is 487 g/mol. The Morgan fingerprint density at radius 2 is 1.91 bits per heavy atom. The third-order valence-electron chi connectivity index (χ3n) is 6.25. The molecule has 9 nitrogen and oxygen atoms in total. The quantitative estimate of drug-likeness (QED) is 0.345. The van der Waals surface area contributed by atoms with E-state index in [1.807, 2.05) is 11.5 Å². The van der Waals surface area contributed by atoms with E-state index in [-0.39, 0.29) is 17.7 Å². The molecule has 2 aliphatic rings. The molecule has 5 rings (SSSR count). The number of imidazole rings is 1. The fraction of sp³-hybridized carbons (Fsp3) is 0.435. The van der Waals surface area contributed by atoms with Gasteiger partial charge in [-0.3, -0.25) is 10.8 Å². The molecule has 1 saturated heterocycles. The normalized spacial score (nSPS) is 18.7. The van der Waals surface area contributed by atoms with Crippen molar-refractivity contribution in [2.24, 2.45) is 5.92 Å². The van der Waals surface area contributed by atoms with Gasteiger partial charge in [-0.25, -0.2) is 15.0 Å². The summed E-state index contributed by atoms with van der Waals surface area (Å²) < 4.78 is 43.4. The summed E-state index contributed by atoms with van der Waals surface area (Å²) in [4.78, 5) is 15.3. The average Bonchev–Trinajstić information content (AvgIpc) is 3.60. The fourth-order valence-electron chi connectivity index (χ4n) is 4.37. The molecular formula is C23H25F3N8O. The molecule has 35 heavy (non-hydrogen) atoms. The first-order valence-electron chi connectivity index (χ1n) is 11.5. The summed E-state index contributed by atoms with van der Waals surface area (Å²) in [6.07, 6.45) is 0.0281. The Labute approximate surface area is 199 Å². The van der Waals surface area contributed by atoms with Crippen LogP contribution in [0.3, 0.4) is 0 Å². The topological polar surface area (TPSA) is 116 Å². The number of alkyl halides is 3. The van der Waals surface area contributed by atoms with Crippen LogP contribution in [-0.4, -0.2) is 55.0 Å². The van der Waals surface area contributed by atoms with Crippen LogP contribution in [0.2, 0.25) is 0 Å². The first-order valence-corrected chi connectivity index (χ1v) is 11.5. The van der Waals surface area contributed by atoms with E-state index in [0.29, 0.717) is 59.6 Å². The number of piperidine rings is 1. The lowest BCUT2D eigenvalue weighted by Gasteiger charge is -2.35. The lowest BCUT2D eigenvalue weighted by Crippen LogP contribution is -2.48. The monoisotopic (exact) mass is 486 g/mol. The van der Waals surface area contributed by atoms with Gasteiger partial charge < -0.3 is 19.5 Å². The van der Waals surface area contributed by atoms with Crippen molar-refractivity contribution in [2.45, 2.75) is 51.6 Å². The van der Waals surface area contributed by atoms with E-state index >= 15 is 0 Å². The number of fused-ring (bicyclic) bond motifs is 1.